The first kappa shape index (κ1) is 12.3. The first-order valence-electron chi connectivity index (χ1n) is 5.91. The fourth-order valence-electron chi connectivity index (χ4n) is 1.74. The van der Waals surface area contributed by atoms with Crippen molar-refractivity contribution in [1.29, 1.82) is 0 Å². The van der Waals surface area contributed by atoms with Crippen molar-refractivity contribution in [3.63, 3.8) is 0 Å². The number of ketones is 1. The third-order valence-corrected chi connectivity index (χ3v) is 2.66. The van der Waals surface area contributed by atoms with Crippen LogP contribution in [0.25, 0.3) is 0 Å². The quantitative estimate of drug-likeness (QED) is 0.772. The highest BCUT2D eigenvalue weighted by atomic mass is 16.5. The number of aryl methyl sites for hydroxylation is 1. The zero-order valence-corrected chi connectivity index (χ0v) is 10.5. The van der Waals surface area contributed by atoms with Crippen molar-refractivity contribution >= 4 is 5.78 Å². The van der Waals surface area contributed by atoms with Crippen LogP contribution in [0.2, 0.25) is 0 Å². The van der Waals surface area contributed by atoms with Crippen LogP contribution in [0.15, 0.2) is 42.6 Å². The van der Waals surface area contributed by atoms with Gasteiger partial charge in [-0.15, -0.1) is 0 Å². The molecule has 0 bridgehead atoms. The van der Waals surface area contributed by atoms with E-state index in [0.717, 1.165) is 5.56 Å². The van der Waals surface area contributed by atoms with Crippen molar-refractivity contribution in [3.05, 3.63) is 59.3 Å². The molecule has 92 valence electrons. The van der Waals surface area contributed by atoms with Crippen LogP contribution in [-0.2, 0) is 0 Å². The second-order valence-electron chi connectivity index (χ2n) is 3.97. The molecule has 1 aromatic carbocycles. The molecule has 0 amide bonds. The van der Waals surface area contributed by atoms with Crippen molar-refractivity contribution in [1.82, 2.24) is 4.98 Å². The van der Waals surface area contributed by atoms with Gasteiger partial charge in [0.25, 0.3) is 0 Å². The lowest BCUT2D eigenvalue weighted by Gasteiger charge is -2.07. The maximum Gasteiger partial charge on any atom is 0.213 e. The Balaban J connectivity index is 2.32. The molecular weight excluding hydrogens is 226 g/mol. The Morgan fingerprint density at radius 1 is 1.28 bits per heavy atom. The number of hydrogen-bond donors (Lipinski definition) is 0. The molecule has 0 atom stereocenters. The Kier molecular flexibility index (Phi) is 3.72. The Morgan fingerprint density at radius 3 is 2.61 bits per heavy atom. The predicted octanol–water partition coefficient (Wildman–Crippen LogP) is 3.02. The summed E-state index contributed by atoms with van der Waals surface area (Å²) in [7, 11) is 0. The van der Waals surface area contributed by atoms with Crippen LogP contribution in [0.5, 0.6) is 5.88 Å². The smallest absolute Gasteiger partial charge is 0.213 e. The fourth-order valence-corrected chi connectivity index (χ4v) is 1.74. The molecule has 0 N–H and O–H groups in total. The van der Waals surface area contributed by atoms with Gasteiger partial charge in [0.2, 0.25) is 5.88 Å². The molecule has 3 heteroatoms. The minimum Gasteiger partial charge on any atom is -0.478 e. The number of hydrogen-bond acceptors (Lipinski definition) is 3. The highest BCUT2D eigenvalue weighted by Crippen LogP contribution is 2.17. The van der Waals surface area contributed by atoms with Crippen LogP contribution < -0.4 is 4.74 Å². The molecule has 0 aliphatic rings. The zero-order chi connectivity index (χ0) is 13.0. The molecule has 2 aromatic rings. The summed E-state index contributed by atoms with van der Waals surface area (Å²) in [4.78, 5) is 16.4. The number of pyridine rings is 1. The van der Waals surface area contributed by atoms with Crippen molar-refractivity contribution in [2.24, 2.45) is 0 Å². The van der Waals surface area contributed by atoms with Gasteiger partial charge in [0, 0.05) is 23.4 Å². The average molecular weight is 241 g/mol. The fraction of sp³-hybridized carbons (Fsp3) is 0.200. The first-order valence-corrected chi connectivity index (χ1v) is 5.91. The van der Waals surface area contributed by atoms with E-state index in [0.29, 0.717) is 23.6 Å². The minimum absolute atomic E-state index is 0.0105. The average Bonchev–Trinajstić information content (AvgIpc) is 2.40. The van der Waals surface area contributed by atoms with E-state index in [9.17, 15) is 4.79 Å². The second kappa shape index (κ2) is 5.45. The Bertz CT molecular complexity index is 550. The number of benzene rings is 1. The number of rotatable bonds is 4. The maximum absolute atomic E-state index is 12.3. The molecule has 3 nitrogen and oxygen atoms in total. The summed E-state index contributed by atoms with van der Waals surface area (Å²) < 4.78 is 5.30. The van der Waals surface area contributed by atoms with Gasteiger partial charge in [0.05, 0.1) is 6.61 Å². The monoisotopic (exact) mass is 241 g/mol. The van der Waals surface area contributed by atoms with E-state index in [1.807, 2.05) is 32.0 Å². The summed E-state index contributed by atoms with van der Waals surface area (Å²) in [5, 5.41) is 0. The lowest BCUT2D eigenvalue weighted by atomic mass is 10.0. The van der Waals surface area contributed by atoms with Crippen LogP contribution in [-0.4, -0.2) is 17.4 Å². The van der Waals surface area contributed by atoms with Gasteiger partial charge in [-0.1, -0.05) is 30.3 Å². The molecule has 0 spiro atoms. The topological polar surface area (TPSA) is 39.2 Å². The number of ether oxygens (including phenoxy) is 1. The van der Waals surface area contributed by atoms with Crippen LogP contribution in [0, 0.1) is 6.92 Å². The van der Waals surface area contributed by atoms with E-state index in [-0.39, 0.29) is 5.78 Å². The van der Waals surface area contributed by atoms with E-state index in [1.54, 1.807) is 24.4 Å². The molecule has 0 aliphatic carbocycles. The van der Waals surface area contributed by atoms with Gasteiger partial charge in [0.1, 0.15) is 0 Å². The minimum atomic E-state index is -0.0105. The van der Waals surface area contributed by atoms with E-state index in [1.165, 1.54) is 0 Å². The predicted molar refractivity (Wildman–Crippen MR) is 70.0 cm³/mol. The Hall–Kier alpha value is -2.16. The molecule has 0 saturated carbocycles. The van der Waals surface area contributed by atoms with Crippen molar-refractivity contribution < 1.29 is 9.53 Å². The molecule has 0 unspecified atom stereocenters. The summed E-state index contributed by atoms with van der Waals surface area (Å²) in [6.45, 7) is 4.36. The molecule has 0 fully saturated rings. The van der Waals surface area contributed by atoms with Gasteiger partial charge in [0.15, 0.2) is 5.78 Å². The highest BCUT2D eigenvalue weighted by Gasteiger charge is 2.12. The molecule has 1 heterocycles. The van der Waals surface area contributed by atoms with Crippen LogP contribution in [0.3, 0.4) is 0 Å². The van der Waals surface area contributed by atoms with E-state index in [2.05, 4.69) is 4.98 Å². The van der Waals surface area contributed by atoms with Crippen LogP contribution >= 0.6 is 0 Å². The zero-order valence-electron chi connectivity index (χ0n) is 10.5. The molecular formula is C15H15NO2. The summed E-state index contributed by atoms with van der Waals surface area (Å²) in [5.74, 6) is 0.545. The molecule has 0 radical (unpaired) electrons. The van der Waals surface area contributed by atoms with E-state index >= 15 is 0 Å². The van der Waals surface area contributed by atoms with Gasteiger partial charge in [-0.2, -0.15) is 0 Å². The van der Waals surface area contributed by atoms with Gasteiger partial charge in [-0.3, -0.25) is 4.79 Å². The number of carbonyl (C=O) groups excluding carboxylic acids is 1. The normalized spacial score (nSPS) is 10.1. The largest absolute Gasteiger partial charge is 0.478 e. The van der Waals surface area contributed by atoms with Gasteiger partial charge in [-0.05, 0) is 19.4 Å². The highest BCUT2D eigenvalue weighted by molar-refractivity contribution is 6.09. The third-order valence-electron chi connectivity index (χ3n) is 2.66. The van der Waals surface area contributed by atoms with E-state index < -0.39 is 0 Å². The van der Waals surface area contributed by atoms with Gasteiger partial charge >= 0.3 is 0 Å². The van der Waals surface area contributed by atoms with E-state index in [4.69, 9.17) is 4.74 Å². The summed E-state index contributed by atoms with van der Waals surface area (Å²) >= 11 is 0. The van der Waals surface area contributed by atoms with Crippen molar-refractivity contribution in [3.8, 4) is 5.88 Å². The first-order chi connectivity index (χ1) is 8.72. The summed E-state index contributed by atoms with van der Waals surface area (Å²) in [6, 6.07) is 11.0. The standard InChI is InChI=1S/C15H15NO2/c1-3-18-14-9-11(2)13(10-16-14)15(17)12-7-5-4-6-8-12/h4-10H,3H2,1-2H3. The maximum atomic E-state index is 12.3. The molecule has 1 aromatic heterocycles. The summed E-state index contributed by atoms with van der Waals surface area (Å²) in [5.41, 5.74) is 2.17. The lowest BCUT2D eigenvalue weighted by Crippen LogP contribution is -2.05. The molecule has 2 rings (SSSR count). The van der Waals surface area contributed by atoms with Crippen molar-refractivity contribution in [2.45, 2.75) is 13.8 Å². The van der Waals surface area contributed by atoms with Gasteiger partial charge < -0.3 is 4.74 Å². The third kappa shape index (κ3) is 2.56. The molecule has 0 saturated heterocycles. The SMILES string of the molecule is CCOc1cc(C)c(C(=O)c2ccccc2)cn1. The second-order valence-corrected chi connectivity index (χ2v) is 3.97. The molecule has 0 aliphatic heterocycles. The van der Waals surface area contributed by atoms with Crippen LogP contribution in [0.4, 0.5) is 0 Å². The number of carbonyl (C=O) groups is 1. The Labute approximate surface area is 106 Å². The number of nitrogens with zero attached hydrogens (tertiary/aromatic N) is 1. The lowest BCUT2D eigenvalue weighted by molar-refractivity contribution is 0.103. The summed E-state index contributed by atoms with van der Waals surface area (Å²) in [6.07, 6.45) is 1.58. The Morgan fingerprint density at radius 2 is 2.00 bits per heavy atom. The molecule has 18 heavy (non-hydrogen) atoms. The number of aromatic nitrogens is 1. The van der Waals surface area contributed by atoms with Gasteiger partial charge in [-0.25, -0.2) is 4.98 Å². The van der Waals surface area contributed by atoms with Crippen LogP contribution in [0.1, 0.15) is 28.4 Å². The van der Waals surface area contributed by atoms with Crippen molar-refractivity contribution in [2.75, 3.05) is 6.61 Å².